The number of ether oxygens (including phenoxy) is 1. The summed E-state index contributed by atoms with van der Waals surface area (Å²) in [5, 5.41) is 6.08. The van der Waals surface area contributed by atoms with Crippen LogP contribution in [-0.4, -0.2) is 50.4 Å². The predicted molar refractivity (Wildman–Crippen MR) is 149 cm³/mol. The van der Waals surface area contributed by atoms with Crippen LogP contribution in [0.3, 0.4) is 0 Å². The van der Waals surface area contributed by atoms with Crippen molar-refractivity contribution in [2.24, 2.45) is 0 Å². The number of likely N-dealkylation sites (tertiary alicyclic amines) is 1. The number of anilines is 1. The first-order chi connectivity index (χ1) is 17.2. The van der Waals surface area contributed by atoms with Crippen LogP contribution in [0.15, 0.2) is 24.5 Å². The fourth-order valence-corrected chi connectivity index (χ4v) is 5.46. The maximum Gasteiger partial charge on any atom is 0.419 e. The SMILES string of the molecule is CCN1CCC(c2nn(C3CCC(Oc4nccc(C(F)(F)F)c4F)CC3)c3cc(N)ncc23)CC1.Cl.Cl.Cl. The van der Waals surface area contributed by atoms with Crippen molar-refractivity contribution in [2.45, 2.75) is 69.7 Å². The lowest BCUT2D eigenvalue weighted by Crippen LogP contribution is -2.32. The van der Waals surface area contributed by atoms with Crippen molar-refractivity contribution in [1.82, 2.24) is 24.6 Å². The molecule has 0 bridgehead atoms. The molecule has 3 aromatic rings. The Kier molecular flexibility index (Phi) is 11.5. The van der Waals surface area contributed by atoms with Gasteiger partial charge in [0.25, 0.3) is 5.88 Å². The number of piperidine rings is 1. The monoisotopic (exact) mass is 614 g/mol. The van der Waals surface area contributed by atoms with Crippen molar-refractivity contribution in [3.05, 3.63) is 41.6 Å². The fourth-order valence-electron chi connectivity index (χ4n) is 5.46. The minimum atomic E-state index is -4.80. The number of pyridine rings is 2. The molecule has 0 spiro atoms. The van der Waals surface area contributed by atoms with Gasteiger partial charge in [0.2, 0.25) is 0 Å². The molecule has 1 saturated carbocycles. The second-order valence-corrected chi connectivity index (χ2v) is 9.69. The molecule has 1 saturated heterocycles. The summed E-state index contributed by atoms with van der Waals surface area (Å²) in [6.07, 6.45) is 2.09. The largest absolute Gasteiger partial charge is 0.472 e. The molecule has 1 aliphatic carbocycles. The zero-order valence-electron chi connectivity index (χ0n) is 21.4. The highest BCUT2D eigenvalue weighted by molar-refractivity contribution is 5.86. The molecule has 14 heteroatoms. The molecule has 2 N–H and O–H groups in total. The van der Waals surface area contributed by atoms with E-state index in [0.29, 0.717) is 43.5 Å². The van der Waals surface area contributed by atoms with E-state index in [1.165, 1.54) is 0 Å². The highest BCUT2D eigenvalue weighted by atomic mass is 35.5. The van der Waals surface area contributed by atoms with Gasteiger partial charge in [0.05, 0.1) is 22.8 Å². The maximum absolute atomic E-state index is 14.4. The summed E-state index contributed by atoms with van der Waals surface area (Å²) in [5.74, 6) is -1.28. The quantitative estimate of drug-likeness (QED) is 0.326. The molecule has 1 aliphatic heterocycles. The lowest BCUT2D eigenvalue weighted by atomic mass is 9.92. The van der Waals surface area contributed by atoms with Crippen molar-refractivity contribution >= 4 is 53.9 Å². The first-order valence-electron chi connectivity index (χ1n) is 12.5. The molecular weight excluding hydrogens is 583 g/mol. The molecular formula is C25H33Cl3F4N6O. The van der Waals surface area contributed by atoms with E-state index in [2.05, 4.69) is 21.8 Å². The van der Waals surface area contributed by atoms with Crippen molar-refractivity contribution in [3.8, 4) is 5.88 Å². The molecule has 39 heavy (non-hydrogen) atoms. The molecule has 0 aromatic carbocycles. The van der Waals surface area contributed by atoms with Crippen LogP contribution in [0.25, 0.3) is 10.9 Å². The third-order valence-electron chi connectivity index (χ3n) is 7.49. The van der Waals surface area contributed by atoms with Crippen molar-refractivity contribution in [3.63, 3.8) is 0 Å². The van der Waals surface area contributed by atoms with Crippen LogP contribution in [0.1, 0.15) is 68.7 Å². The summed E-state index contributed by atoms with van der Waals surface area (Å²) in [7, 11) is 0. The van der Waals surface area contributed by atoms with E-state index in [1.54, 1.807) is 0 Å². The molecule has 0 radical (unpaired) electrons. The Hall–Kier alpha value is -2.08. The summed E-state index contributed by atoms with van der Waals surface area (Å²) in [6.45, 7) is 5.31. The van der Waals surface area contributed by atoms with Gasteiger partial charge in [0.1, 0.15) is 11.9 Å². The average Bonchev–Trinajstić information content (AvgIpc) is 3.23. The number of hydrogen-bond acceptors (Lipinski definition) is 6. The first kappa shape index (κ1) is 33.1. The minimum Gasteiger partial charge on any atom is -0.472 e. The summed E-state index contributed by atoms with van der Waals surface area (Å²) in [5.41, 5.74) is 6.65. The number of fused-ring (bicyclic) bond motifs is 1. The fraction of sp³-hybridized carbons (Fsp3) is 0.560. The highest BCUT2D eigenvalue weighted by Crippen LogP contribution is 2.39. The number of nitrogens with zero attached hydrogens (tertiary/aromatic N) is 5. The molecule has 7 nitrogen and oxygen atoms in total. The molecule has 5 rings (SSSR count). The average molecular weight is 616 g/mol. The van der Waals surface area contributed by atoms with Crippen LogP contribution in [-0.2, 0) is 6.18 Å². The zero-order valence-corrected chi connectivity index (χ0v) is 23.8. The van der Waals surface area contributed by atoms with E-state index in [4.69, 9.17) is 15.6 Å². The zero-order chi connectivity index (χ0) is 25.4. The summed E-state index contributed by atoms with van der Waals surface area (Å²) in [6, 6.07) is 2.56. The second-order valence-electron chi connectivity index (χ2n) is 9.69. The van der Waals surface area contributed by atoms with Crippen LogP contribution in [0.2, 0.25) is 0 Å². The lowest BCUT2D eigenvalue weighted by Gasteiger charge is -2.30. The Bertz CT molecular complexity index is 1230. The second kappa shape index (κ2) is 13.5. The van der Waals surface area contributed by atoms with E-state index < -0.39 is 29.5 Å². The van der Waals surface area contributed by atoms with Gasteiger partial charge < -0.3 is 15.4 Å². The summed E-state index contributed by atoms with van der Waals surface area (Å²) >= 11 is 0. The van der Waals surface area contributed by atoms with E-state index >= 15 is 0 Å². The lowest BCUT2D eigenvalue weighted by molar-refractivity contribution is -0.140. The highest BCUT2D eigenvalue weighted by Gasteiger charge is 2.37. The topological polar surface area (TPSA) is 82.1 Å². The molecule has 0 amide bonds. The van der Waals surface area contributed by atoms with E-state index in [-0.39, 0.29) is 43.3 Å². The van der Waals surface area contributed by atoms with Gasteiger partial charge in [0, 0.05) is 29.8 Å². The molecule has 2 aliphatic rings. The first-order valence-corrected chi connectivity index (χ1v) is 12.5. The molecule has 218 valence electrons. The number of alkyl halides is 3. The third kappa shape index (κ3) is 6.99. The predicted octanol–water partition coefficient (Wildman–Crippen LogP) is 6.59. The van der Waals surface area contributed by atoms with E-state index in [9.17, 15) is 17.6 Å². The maximum atomic E-state index is 14.4. The Labute approximate surface area is 243 Å². The van der Waals surface area contributed by atoms with Gasteiger partial charge >= 0.3 is 6.18 Å². The molecule has 0 unspecified atom stereocenters. The summed E-state index contributed by atoms with van der Waals surface area (Å²) < 4.78 is 61.1. The van der Waals surface area contributed by atoms with Crippen LogP contribution in [0, 0.1) is 5.82 Å². The Morgan fingerprint density at radius 3 is 2.31 bits per heavy atom. The molecule has 0 atom stereocenters. The minimum absolute atomic E-state index is 0. The van der Waals surface area contributed by atoms with Crippen molar-refractivity contribution in [2.75, 3.05) is 25.4 Å². The van der Waals surface area contributed by atoms with Crippen LogP contribution < -0.4 is 10.5 Å². The van der Waals surface area contributed by atoms with E-state index in [1.807, 2.05) is 16.9 Å². The number of rotatable bonds is 5. The molecule has 2 fully saturated rings. The third-order valence-corrected chi connectivity index (χ3v) is 7.49. The van der Waals surface area contributed by atoms with Crippen molar-refractivity contribution < 1.29 is 22.3 Å². The van der Waals surface area contributed by atoms with Crippen molar-refractivity contribution in [1.29, 1.82) is 0 Å². The standard InChI is InChI=1S/C25H30F4N6O.3ClH/c1-2-34-11-8-15(9-12-34)23-18-14-32-21(30)13-20(18)35(33-23)16-3-5-17(6-4-16)36-24-22(26)19(7-10-31-24)25(27,28)29;;;/h7,10,13-17H,2-6,8-9,11-12H2,1H3,(H2,30,32);3*1H. The van der Waals surface area contributed by atoms with E-state index in [0.717, 1.165) is 55.3 Å². The number of hydrogen-bond donors (Lipinski definition) is 1. The summed E-state index contributed by atoms with van der Waals surface area (Å²) in [4.78, 5) is 10.5. The number of aromatic nitrogens is 4. The Morgan fingerprint density at radius 1 is 1.03 bits per heavy atom. The number of halogens is 7. The Balaban J connectivity index is 0.00000178. The van der Waals surface area contributed by atoms with Gasteiger partial charge in [-0.2, -0.15) is 18.3 Å². The normalized spacial score (nSPS) is 20.5. The van der Waals surface area contributed by atoms with Gasteiger partial charge in [-0.15, -0.1) is 37.2 Å². The number of nitrogens with two attached hydrogens (primary N) is 1. The van der Waals surface area contributed by atoms with Gasteiger partial charge in [-0.25, -0.2) is 14.4 Å². The van der Waals surface area contributed by atoms with Gasteiger partial charge in [0.15, 0.2) is 5.82 Å². The molecule has 4 heterocycles. The molecule has 3 aromatic heterocycles. The van der Waals surface area contributed by atoms with Gasteiger partial charge in [-0.05, 0) is 64.2 Å². The van der Waals surface area contributed by atoms with Crippen LogP contribution >= 0.6 is 37.2 Å². The van der Waals surface area contributed by atoms with Gasteiger partial charge in [-0.3, -0.25) is 4.68 Å². The Morgan fingerprint density at radius 2 is 1.69 bits per heavy atom. The number of nitrogen functional groups attached to an aromatic ring is 1. The van der Waals surface area contributed by atoms with Gasteiger partial charge in [-0.1, -0.05) is 6.92 Å². The van der Waals surface area contributed by atoms with Crippen LogP contribution in [0.5, 0.6) is 5.88 Å². The smallest absolute Gasteiger partial charge is 0.419 e. The van der Waals surface area contributed by atoms with Crippen LogP contribution in [0.4, 0.5) is 23.4 Å².